The molecule has 3 aliphatic heterocycles. The van der Waals surface area contributed by atoms with Gasteiger partial charge in [-0.05, 0) is 45.7 Å². The molecule has 5 nitrogen and oxygen atoms in total. The molecule has 0 aromatic rings. The Labute approximate surface area is 128 Å². The zero-order valence-electron chi connectivity index (χ0n) is 13.5. The van der Waals surface area contributed by atoms with Gasteiger partial charge in [-0.3, -0.25) is 0 Å². The van der Waals surface area contributed by atoms with Crippen LogP contribution in [-0.4, -0.2) is 76.3 Å². The van der Waals surface area contributed by atoms with Crippen LogP contribution in [0.4, 0.5) is 0 Å². The Balaban J connectivity index is 1.65. The van der Waals surface area contributed by atoms with Crippen LogP contribution in [0.1, 0.15) is 25.7 Å². The van der Waals surface area contributed by atoms with E-state index in [0.29, 0.717) is 18.1 Å². The molecule has 21 heavy (non-hydrogen) atoms. The van der Waals surface area contributed by atoms with Crippen molar-refractivity contribution in [1.29, 1.82) is 0 Å². The van der Waals surface area contributed by atoms with Gasteiger partial charge in [0.15, 0.2) is 0 Å². The minimum absolute atomic E-state index is 0.0663. The molecule has 3 heterocycles. The van der Waals surface area contributed by atoms with Crippen molar-refractivity contribution in [3.63, 3.8) is 0 Å². The molecule has 3 fully saturated rings. The first-order chi connectivity index (χ1) is 10.2. The third kappa shape index (κ3) is 3.59. The van der Waals surface area contributed by atoms with E-state index in [4.69, 9.17) is 14.2 Å². The zero-order valence-corrected chi connectivity index (χ0v) is 13.5. The monoisotopic (exact) mass is 298 g/mol. The third-order valence-electron chi connectivity index (χ3n) is 5.47. The third-order valence-corrected chi connectivity index (χ3v) is 5.47. The van der Waals surface area contributed by atoms with Gasteiger partial charge in [0.05, 0.1) is 18.3 Å². The molecule has 0 bridgehead atoms. The molecule has 0 saturated carbocycles. The molecule has 0 aromatic heterocycles. The van der Waals surface area contributed by atoms with E-state index in [2.05, 4.69) is 24.3 Å². The second-order valence-corrected chi connectivity index (χ2v) is 6.88. The van der Waals surface area contributed by atoms with Crippen molar-refractivity contribution in [1.82, 2.24) is 10.2 Å². The summed E-state index contributed by atoms with van der Waals surface area (Å²) in [6, 6.07) is 0.427. The van der Waals surface area contributed by atoms with E-state index < -0.39 is 0 Å². The van der Waals surface area contributed by atoms with Crippen molar-refractivity contribution in [2.45, 2.75) is 43.4 Å². The van der Waals surface area contributed by atoms with Crippen LogP contribution in [0.15, 0.2) is 0 Å². The lowest BCUT2D eigenvalue weighted by molar-refractivity contribution is -0.157. The van der Waals surface area contributed by atoms with Crippen LogP contribution in [0.5, 0.6) is 0 Å². The van der Waals surface area contributed by atoms with Crippen LogP contribution in [0.3, 0.4) is 0 Å². The van der Waals surface area contributed by atoms with Crippen LogP contribution >= 0.6 is 0 Å². The molecule has 3 unspecified atom stereocenters. The molecule has 5 heteroatoms. The second kappa shape index (κ2) is 6.92. The van der Waals surface area contributed by atoms with Gasteiger partial charge in [-0.15, -0.1) is 0 Å². The maximum atomic E-state index is 6.18. The van der Waals surface area contributed by atoms with E-state index in [9.17, 15) is 0 Å². The average molecular weight is 298 g/mol. The zero-order chi connectivity index (χ0) is 14.7. The smallest absolute Gasteiger partial charge is 0.0857 e. The summed E-state index contributed by atoms with van der Waals surface area (Å²) in [6.45, 7) is 5.49. The molecule has 3 atom stereocenters. The lowest BCUT2D eigenvalue weighted by Gasteiger charge is -2.47. The number of rotatable bonds is 3. The van der Waals surface area contributed by atoms with Crippen LogP contribution in [0, 0.1) is 5.92 Å². The van der Waals surface area contributed by atoms with E-state index in [1.807, 2.05) is 0 Å². The van der Waals surface area contributed by atoms with Crippen LogP contribution in [0.25, 0.3) is 0 Å². The summed E-state index contributed by atoms with van der Waals surface area (Å²) in [6.07, 6.45) is 4.67. The van der Waals surface area contributed by atoms with Gasteiger partial charge in [0.25, 0.3) is 0 Å². The van der Waals surface area contributed by atoms with Crippen molar-refractivity contribution in [3.05, 3.63) is 0 Å². The van der Waals surface area contributed by atoms with Crippen molar-refractivity contribution in [2.24, 2.45) is 5.92 Å². The lowest BCUT2D eigenvalue weighted by atomic mass is 9.76. The minimum atomic E-state index is 0.0663. The Bertz CT molecular complexity index is 328. The molecule has 1 spiro atoms. The molecule has 0 aliphatic carbocycles. The first-order valence-electron chi connectivity index (χ1n) is 8.41. The molecular formula is C16H30N2O3. The van der Waals surface area contributed by atoms with Crippen LogP contribution in [-0.2, 0) is 14.2 Å². The topological polar surface area (TPSA) is 43.0 Å². The van der Waals surface area contributed by atoms with Crippen molar-refractivity contribution in [2.75, 3.05) is 53.6 Å². The van der Waals surface area contributed by atoms with Crippen LogP contribution < -0.4 is 5.32 Å². The molecule has 122 valence electrons. The largest absolute Gasteiger partial charge is 0.381 e. The Kier molecular flexibility index (Phi) is 5.17. The van der Waals surface area contributed by atoms with Gasteiger partial charge in [-0.1, -0.05) is 0 Å². The van der Waals surface area contributed by atoms with Gasteiger partial charge in [0.1, 0.15) is 0 Å². The highest BCUT2D eigenvalue weighted by atomic mass is 16.5. The normalized spacial score (nSPS) is 35.7. The number of hydrogen-bond donors (Lipinski definition) is 1. The van der Waals surface area contributed by atoms with Gasteiger partial charge >= 0.3 is 0 Å². The van der Waals surface area contributed by atoms with Gasteiger partial charge in [0, 0.05) is 39.0 Å². The maximum Gasteiger partial charge on any atom is 0.0857 e. The molecular weight excluding hydrogens is 268 g/mol. The first-order valence-corrected chi connectivity index (χ1v) is 8.41. The lowest BCUT2D eigenvalue weighted by Crippen LogP contribution is -2.56. The summed E-state index contributed by atoms with van der Waals surface area (Å²) in [5, 5.41) is 3.55. The minimum Gasteiger partial charge on any atom is -0.381 e. The Morgan fingerprint density at radius 3 is 2.71 bits per heavy atom. The summed E-state index contributed by atoms with van der Waals surface area (Å²) < 4.78 is 17.8. The fourth-order valence-corrected chi connectivity index (χ4v) is 4.22. The van der Waals surface area contributed by atoms with Gasteiger partial charge < -0.3 is 24.4 Å². The van der Waals surface area contributed by atoms with E-state index in [1.165, 1.54) is 0 Å². The number of ether oxygens (including phenoxy) is 3. The summed E-state index contributed by atoms with van der Waals surface area (Å²) >= 11 is 0. The maximum absolute atomic E-state index is 6.18. The van der Waals surface area contributed by atoms with Gasteiger partial charge in [0.2, 0.25) is 0 Å². The highest BCUT2D eigenvalue weighted by Gasteiger charge is 2.43. The average Bonchev–Trinajstić information content (AvgIpc) is 2.49. The fourth-order valence-electron chi connectivity index (χ4n) is 4.22. The highest BCUT2D eigenvalue weighted by Crippen LogP contribution is 2.39. The van der Waals surface area contributed by atoms with Crippen molar-refractivity contribution < 1.29 is 14.2 Å². The molecule has 3 rings (SSSR count). The predicted molar refractivity (Wildman–Crippen MR) is 81.5 cm³/mol. The molecule has 0 amide bonds. The predicted octanol–water partition coefficient (Wildman–Crippen LogP) is 0.881. The Morgan fingerprint density at radius 2 is 2.00 bits per heavy atom. The molecule has 1 N–H and O–H groups in total. The summed E-state index contributed by atoms with van der Waals surface area (Å²) in [7, 11) is 4.26. The number of nitrogens with one attached hydrogen (secondary N) is 1. The quantitative estimate of drug-likeness (QED) is 0.838. The number of nitrogens with zero attached hydrogens (tertiary/aromatic N) is 1. The van der Waals surface area contributed by atoms with E-state index >= 15 is 0 Å². The van der Waals surface area contributed by atoms with Gasteiger partial charge in [-0.2, -0.15) is 0 Å². The van der Waals surface area contributed by atoms with E-state index in [0.717, 1.165) is 65.2 Å². The van der Waals surface area contributed by atoms with Crippen LogP contribution in [0.2, 0.25) is 0 Å². The molecule has 3 aliphatic rings. The summed E-state index contributed by atoms with van der Waals surface area (Å²) in [5.41, 5.74) is 0.0663. The summed E-state index contributed by atoms with van der Waals surface area (Å²) in [4.78, 5) is 2.38. The first kappa shape index (κ1) is 15.7. The van der Waals surface area contributed by atoms with Crippen molar-refractivity contribution in [3.8, 4) is 0 Å². The molecule has 3 saturated heterocycles. The Morgan fingerprint density at radius 1 is 1.19 bits per heavy atom. The number of hydrogen-bond acceptors (Lipinski definition) is 5. The molecule has 0 radical (unpaired) electrons. The van der Waals surface area contributed by atoms with E-state index in [-0.39, 0.29) is 5.60 Å². The standard InChI is InChI=1S/C16H30N2O3/c1-17-15(14-12-18(2)6-10-20-14)13-3-7-21-16(11-13)4-8-19-9-5-16/h13-15,17H,3-12H2,1-2H3. The van der Waals surface area contributed by atoms with E-state index in [1.54, 1.807) is 0 Å². The number of morpholine rings is 1. The summed E-state index contributed by atoms with van der Waals surface area (Å²) in [5.74, 6) is 0.637. The van der Waals surface area contributed by atoms with Gasteiger partial charge in [-0.25, -0.2) is 0 Å². The second-order valence-electron chi connectivity index (χ2n) is 6.88. The molecule has 0 aromatic carbocycles. The SMILES string of the molecule is CNC(C1CCOC2(CCOCC2)C1)C1CN(C)CCO1. The Hall–Kier alpha value is -0.200. The number of likely N-dealkylation sites (N-methyl/N-ethyl adjacent to an activating group) is 2. The highest BCUT2D eigenvalue weighted by molar-refractivity contribution is 4.95. The van der Waals surface area contributed by atoms with Crippen molar-refractivity contribution >= 4 is 0 Å². The fraction of sp³-hybridized carbons (Fsp3) is 1.00.